The lowest BCUT2D eigenvalue weighted by Crippen LogP contribution is -2.35. The van der Waals surface area contributed by atoms with Crippen molar-refractivity contribution in [3.8, 4) is 5.75 Å². The van der Waals surface area contributed by atoms with Crippen LogP contribution >= 0.6 is 0 Å². The van der Waals surface area contributed by atoms with E-state index in [9.17, 15) is 13.2 Å². The number of aryl methyl sites for hydroxylation is 1. The summed E-state index contributed by atoms with van der Waals surface area (Å²) < 4.78 is 31.5. The molecule has 0 saturated heterocycles. The van der Waals surface area contributed by atoms with Crippen molar-refractivity contribution in [1.29, 1.82) is 0 Å². The van der Waals surface area contributed by atoms with E-state index >= 15 is 0 Å². The molecule has 25 heavy (non-hydrogen) atoms. The Balaban J connectivity index is 2.06. The summed E-state index contributed by atoms with van der Waals surface area (Å²) in [6.07, 6.45) is 0. The Morgan fingerprint density at radius 3 is 2.36 bits per heavy atom. The van der Waals surface area contributed by atoms with Crippen molar-refractivity contribution in [1.82, 2.24) is 4.31 Å². The number of anilines is 1. The molecule has 0 heterocycles. The fourth-order valence-electron chi connectivity index (χ4n) is 2.24. The monoisotopic (exact) mass is 362 g/mol. The predicted octanol–water partition coefficient (Wildman–Crippen LogP) is 2.65. The standard InChI is InChI=1S/C18H22N2O4S/c1-4-24-15-9-11-16(12-10-15)25(22,23)20(3)13-18(21)19-17-8-6-5-7-14(17)2/h5-12H,4,13H2,1-3H3,(H,19,21). The average molecular weight is 362 g/mol. The summed E-state index contributed by atoms with van der Waals surface area (Å²) >= 11 is 0. The molecule has 1 amide bonds. The predicted molar refractivity (Wildman–Crippen MR) is 97.2 cm³/mol. The fraction of sp³-hybridized carbons (Fsp3) is 0.278. The van der Waals surface area contributed by atoms with E-state index in [0.29, 0.717) is 18.0 Å². The van der Waals surface area contributed by atoms with Crippen LogP contribution in [0, 0.1) is 6.92 Å². The smallest absolute Gasteiger partial charge is 0.243 e. The van der Waals surface area contributed by atoms with Crippen molar-refractivity contribution in [3.63, 3.8) is 0 Å². The number of benzene rings is 2. The highest BCUT2D eigenvalue weighted by Gasteiger charge is 2.23. The maximum Gasteiger partial charge on any atom is 0.243 e. The average Bonchev–Trinajstić information content (AvgIpc) is 2.57. The van der Waals surface area contributed by atoms with Gasteiger partial charge in [0.1, 0.15) is 5.75 Å². The van der Waals surface area contributed by atoms with E-state index in [2.05, 4.69) is 5.32 Å². The van der Waals surface area contributed by atoms with Crippen molar-refractivity contribution >= 4 is 21.6 Å². The molecular weight excluding hydrogens is 340 g/mol. The zero-order chi connectivity index (χ0) is 18.4. The molecule has 1 N–H and O–H groups in total. The first-order valence-electron chi connectivity index (χ1n) is 7.89. The first-order chi connectivity index (χ1) is 11.8. The lowest BCUT2D eigenvalue weighted by molar-refractivity contribution is -0.116. The molecule has 134 valence electrons. The number of nitrogens with zero attached hydrogens (tertiary/aromatic N) is 1. The highest BCUT2D eigenvalue weighted by molar-refractivity contribution is 7.89. The van der Waals surface area contributed by atoms with Gasteiger partial charge in [0, 0.05) is 12.7 Å². The first-order valence-corrected chi connectivity index (χ1v) is 9.33. The molecule has 0 aliphatic heterocycles. The normalized spacial score (nSPS) is 11.4. The number of likely N-dealkylation sites (N-methyl/N-ethyl adjacent to an activating group) is 1. The minimum absolute atomic E-state index is 0.113. The Bertz CT molecular complexity index is 832. The molecule has 0 aromatic heterocycles. The van der Waals surface area contributed by atoms with E-state index in [1.165, 1.54) is 19.2 Å². The number of ether oxygens (including phenoxy) is 1. The third kappa shape index (κ3) is 4.80. The van der Waals surface area contributed by atoms with E-state index in [1.54, 1.807) is 18.2 Å². The molecule has 0 saturated carbocycles. The largest absolute Gasteiger partial charge is 0.494 e. The first kappa shape index (κ1) is 19.0. The van der Waals surface area contributed by atoms with Gasteiger partial charge >= 0.3 is 0 Å². The second-order valence-corrected chi connectivity index (χ2v) is 7.57. The van der Waals surface area contributed by atoms with Gasteiger partial charge in [0.25, 0.3) is 0 Å². The minimum atomic E-state index is -3.75. The summed E-state index contributed by atoms with van der Waals surface area (Å²) in [7, 11) is -2.37. The molecule has 2 aromatic carbocycles. The molecule has 0 aliphatic carbocycles. The van der Waals surface area contributed by atoms with Crippen LogP contribution in [-0.4, -0.2) is 38.8 Å². The summed E-state index contributed by atoms with van der Waals surface area (Å²) in [5, 5.41) is 2.73. The number of rotatable bonds is 7. The molecule has 0 bridgehead atoms. The molecule has 7 heteroatoms. The van der Waals surface area contributed by atoms with Gasteiger partial charge in [-0.25, -0.2) is 8.42 Å². The number of carbonyl (C=O) groups is 1. The van der Waals surface area contributed by atoms with Crippen molar-refractivity contribution in [3.05, 3.63) is 54.1 Å². The van der Waals surface area contributed by atoms with Gasteiger partial charge in [0.15, 0.2) is 0 Å². The number of para-hydroxylation sites is 1. The molecule has 0 atom stereocenters. The number of carbonyl (C=O) groups excluding carboxylic acids is 1. The number of hydrogen-bond donors (Lipinski definition) is 1. The third-order valence-electron chi connectivity index (χ3n) is 3.63. The fourth-order valence-corrected chi connectivity index (χ4v) is 3.37. The molecule has 2 aromatic rings. The Labute approximate surface area is 148 Å². The van der Waals surface area contributed by atoms with E-state index in [0.717, 1.165) is 9.87 Å². The Hall–Kier alpha value is -2.38. The van der Waals surface area contributed by atoms with Crippen molar-refractivity contribution < 1.29 is 17.9 Å². The summed E-state index contributed by atoms with van der Waals surface area (Å²) in [5.74, 6) is 0.202. The minimum Gasteiger partial charge on any atom is -0.494 e. The van der Waals surface area contributed by atoms with Gasteiger partial charge in [-0.2, -0.15) is 4.31 Å². The molecule has 2 rings (SSSR count). The quantitative estimate of drug-likeness (QED) is 0.822. The zero-order valence-electron chi connectivity index (χ0n) is 14.5. The van der Waals surface area contributed by atoms with Gasteiger partial charge in [-0.05, 0) is 49.7 Å². The Kier molecular flexibility index (Phi) is 6.17. The van der Waals surface area contributed by atoms with E-state index in [-0.39, 0.29) is 11.4 Å². The van der Waals surface area contributed by atoms with Crippen molar-refractivity contribution in [2.75, 3.05) is 25.5 Å². The summed E-state index contributed by atoms with van der Waals surface area (Å²) in [4.78, 5) is 12.3. The van der Waals surface area contributed by atoms with Crippen LogP contribution in [0.2, 0.25) is 0 Å². The van der Waals surface area contributed by atoms with Crippen LogP contribution in [-0.2, 0) is 14.8 Å². The second kappa shape index (κ2) is 8.13. The highest BCUT2D eigenvalue weighted by atomic mass is 32.2. The Morgan fingerprint density at radius 1 is 1.12 bits per heavy atom. The van der Waals surface area contributed by atoms with Gasteiger partial charge in [-0.3, -0.25) is 4.79 Å². The van der Waals surface area contributed by atoms with E-state index in [4.69, 9.17) is 4.74 Å². The molecule has 6 nitrogen and oxygen atoms in total. The SMILES string of the molecule is CCOc1ccc(S(=O)(=O)N(C)CC(=O)Nc2ccccc2C)cc1. The number of sulfonamides is 1. The summed E-state index contributed by atoms with van der Waals surface area (Å²) in [6, 6.07) is 13.4. The maximum absolute atomic E-state index is 12.6. The van der Waals surface area contributed by atoms with Gasteiger partial charge in [0.2, 0.25) is 15.9 Å². The van der Waals surface area contributed by atoms with Crippen LogP contribution in [0.15, 0.2) is 53.4 Å². The summed E-state index contributed by atoms with van der Waals surface area (Å²) in [6.45, 7) is 3.95. The topological polar surface area (TPSA) is 75.7 Å². The molecule has 0 aliphatic rings. The third-order valence-corrected chi connectivity index (χ3v) is 5.45. The lowest BCUT2D eigenvalue weighted by Gasteiger charge is -2.17. The van der Waals surface area contributed by atoms with Gasteiger partial charge in [-0.1, -0.05) is 18.2 Å². The van der Waals surface area contributed by atoms with Crippen LogP contribution < -0.4 is 10.1 Å². The van der Waals surface area contributed by atoms with Crippen molar-refractivity contribution in [2.24, 2.45) is 0 Å². The van der Waals surface area contributed by atoms with E-state index in [1.807, 2.05) is 32.0 Å². The molecule has 0 fully saturated rings. The zero-order valence-corrected chi connectivity index (χ0v) is 15.3. The Morgan fingerprint density at radius 2 is 1.76 bits per heavy atom. The number of amides is 1. The van der Waals surface area contributed by atoms with Gasteiger partial charge in [-0.15, -0.1) is 0 Å². The molecule has 0 unspecified atom stereocenters. The van der Waals surface area contributed by atoms with E-state index < -0.39 is 15.9 Å². The van der Waals surface area contributed by atoms with Crippen molar-refractivity contribution in [2.45, 2.75) is 18.7 Å². The lowest BCUT2D eigenvalue weighted by atomic mass is 10.2. The number of nitrogens with one attached hydrogen (secondary N) is 1. The second-order valence-electron chi connectivity index (χ2n) is 5.53. The van der Waals surface area contributed by atoms with Crippen LogP contribution in [0.3, 0.4) is 0 Å². The van der Waals surface area contributed by atoms with Crippen LogP contribution in [0.25, 0.3) is 0 Å². The molecule has 0 radical (unpaired) electrons. The molecular formula is C18H22N2O4S. The van der Waals surface area contributed by atoms with Gasteiger partial charge < -0.3 is 10.1 Å². The summed E-state index contributed by atoms with van der Waals surface area (Å²) in [5.41, 5.74) is 1.58. The highest BCUT2D eigenvalue weighted by Crippen LogP contribution is 2.19. The maximum atomic E-state index is 12.6. The van der Waals surface area contributed by atoms with Gasteiger partial charge in [0.05, 0.1) is 18.0 Å². The van der Waals surface area contributed by atoms with Crippen LogP contribution in [0.4, 0.5) is 5.69 Å². The van der Waals surface area contributed by atoms with Crippen LogP contribution in [0.1, 0.15) is 12.5 Å². The van der Waals surface area contributed by atoms with Crippen LogP contribution in [0.5, 0.6) is 5.75 Å². The molecule has 0 spiro atoms. The number of hydrogen-bond acceptors (Lipinski definition) is 4.